The first-order chi connectivity index (χ1) is 12.5. The average molecular weight is 358 g/mol. The van der Waals surface area contributed by atoms with Crippen LogP contribution in [0.3, 0.4) is 0 Å². The summed E-state index contributed by atoms with van der Waals surface area (Å²) in [6, 6.07) is 6.31. The van der Waals surface area contributed by atoms with E-state index < -0.39 is 5.97 Å². The first kappa shape index (κ1) is 17.8. The maximum Gasteiger partial charge on any atom is 0.303 e. The van der Waals surface area contributed by atoms with Crippen LogP contribution in [0.1, 0.15) is 35.6 Å². The highest BCUT2D eigenvalue weighted by Crippen LogP contribution is 2.32. The minimum absolute atomic E-state index is 0.0254. The number of nitrogen functional groups attached to an aromatic ring is 1. The maximum absolute atomic E-state index is 13.2. The molecule has 0 aliphatic heterocycles. The number of hydrogen-bond acceptors (Lipinski definition) is 6. The molecule has 8 heteroatoms. The molecule has 7 nitrogen and oxygen atoms in total. The van der Waals surface area contributed by atoms with Crippen LogP contribution >= 0.6 is 0 Å². The number of aromatic nitrogens is 2. The zero-order valence-electron chi connectivity index (χ0n) is 14.0. The predicted molar refractivity (Wildman–Crippen MR) is 93.2 cm³/mol. The lowest BCUT2D eigenvalue weighted by atomic mass is 9.87. The molecule has 1 aliphatic rings. The van der Waals surface area contributed by atoms with Gasteiger partial charge in [0.05, 0.1) is 18.0 Å². The molecule has 1 unspecified atom stereocenters. The van der Waals surface area contributed by atoms with Crippen molar-refractivity contribution >= 4 is 17.6 Å². The van der Waals surface area contributed by atoms with Crippen molar-refractivity contribution in [3.05, 3.63) is 59.2 Å². The van der Waals surface area contributed by atoms with E-state index in [2.05, 4.69) is 15.4 Å². The van der Waals surface area contributed by atoms with Gasteiger partial charge in [-0.3, -0.25) is 15.1 Å². The first-order valence-electron chi connectivity index (χ1n) is 8.21. The Morgan fingerprint density at radius 2 is 2.15 bits per heavy atom. The molecule has 0 amide bonds. The van der Waals surface area contributed by atoms with Gasteiger partial charge in [0, 0.05) is 30.5 Å². The number of hydroxylamine groups is 1. The van der Waals surface area contributed by atoms with Gasteiger partial charge in [0.1, 0.15) is 5.82 Å². The van der Waals surface area contributed by atoms with Gasteiger partial charge in [-0.15, -0.1) is 0 Å². The van der Waals surface area contributed by atoms with E-state index in [-0.39, 0.29) is 30.7 Å². The van der Waals surface area contributed by atoms with Crippen LogP contribution in [0.5, 0.6) is 0 Å². The molecule has 0 spiro atoms. The Morgan fingerprint density at radius 3 is 2.88 bits per heavy atom. The van der Waals surface area contributed by atoms with Crippen molar-refractivity contribution in [2.75, 3.05) is 12.3 Å². The molecule has 1 aromatic heterocycles. The quantitative estimate of drug-likeness (QED) is 0.514. The number of hydrogen-bond donors (Lipinski definition) is 3. The second kappa shape index (κ2) is 7.92. The molecule has 2 aromatic rings. The number of anilines is 1. The monoisotopic (exact) mass is 358 g/mol. The normalized spacial score (nSPS) is 15.9. The number of fused-ring (bicyclic) bond motifs is 1. The summed E-state index contributed by atoms with van der Waals surface area (Å²) < 4.78 is 13.2. The molecule has 26 heavy (non-hydrogen) atoms. The third kappa shape index (κ3) is 4.34. The number of allylic oxidation sites excluding steroid dienone is 1. The number of carboxylic acid groups (broad SMARTS) is 1. The van der Waals surface area contributed by atoms with E-state index in [9.17, 15) is 9.18 Å². The number of nitrogens with one attached hydrogen (secondary N) is 1. The summed E-state index contributed by atoms with van der Waals surface area (Å²) in [6.45, 7) is 0.246. The number of nitrogens with zero attached hydrogens (tertiary/aromatic N) is 2. The van der Waals surface area contributed by atoms with E-state index >= 15 is 0 Å². The SMILES string of the molecule is Nc1ncc2c(n1)CC(c1ccc(F)cc1)C=C2NOCCCC(=O)O. The number of nitrogens with two attached hydrogens (primary N) is 1. The highest BCUT2D eigenvalue weighted by Gasteiger charge is 2.23. The van der Waals surface area contributed by atoms with Crippen LogP contribution in [0.25, 0.3) is 5.70 Å². The number of rotatable bonds is 7. The molecule has 0 bridgehead atoms. The molecule has 0 fully saturated rings. The number of benzene rings is 1. The Kier molecular flexibility index (Phi) is 5.43. The van der Waals surface area contributed by atoms with Gasteiger partial charge in [-0.05, 0) is 24.1 Å². The Balaban J connectivity index is 1.78. The van der Waals surface area contributed by atoms with Gasteiger partial charge in [-0.1, -0.05) is 18.2 Å². The van der Waals surface area contributed by atoms with E-state index in [1.165, 1.54) is 12.1 Å². The highest BCUT2D eigenvalue weighted by atomic mass is 19.1. The molecule has 1 heterocycles. The molecule has 0 radical (unpaired) electrons. The van der Waals surface area contributed by atoms with E-state index in [4.69, 9.17) is 15.7 Å². The summed E-state index contributed by atoms with van der Waals surface area (Å²) in [7, 11) is 0. The number of halogens is 1. The second-order valence-corrected chi connectivity index (χ2v) is 5.98. The van der Waals surface area contributed by atoms with Crippen molar-refractivity contribution in [2.45, 2.75) is 25.2 Å². The Morgan fingerprint density at radius 1 is 1.38 bits per heavy atom. The van der Waals surface area contributed by atoms with Crippen LogP contribution in [0.2, 0.25) is 0 Å². The summed E-state index contributed by atoms with van der Waals surface area (Å²) >= 11 is 0. The number of carboxylic acids is 1. The molecule has 0 saturated carbocycles. The zero-order valence-corrected chi connectivity index (χ0v) is 14.0. The predicted octanol–water partition coefficient (Wildman–Crippen LogP) is 2.26. The fourth-order valence-corrected chi connectivity index (χ4v) is 2.81. The summed E-state index contributed by atoms with van der Waals surface area (Å²) in [5.41, 5.74) is 11.7. The molecular weight excluding hydrogens is 339 g/mol. The van der Waals surface area contributed by atoms with Crippen molar-refractivity contribution in [1.82, 2.24) is 15.4 Å². The summed E-state index contributed by atoms with van der Waals surface area (Å²) in [4.78, 5) is 24.3. The van der Waals surface area contributed by atoms with Gasteiger partial charge in [0.15, 0.2) is 0 Å². The summed E-state index contributed by atoms with van der Waals surface area (Å²) in [5, 5.41) is 8.66. The third-order valence-corrected chi connectivity index (χ3v) is 4.07. The van der Waals surface area contributed by atoms with Gasteiger partial charge in [-0.25, -0.2) is 14.4 Å². The second-order valence-electron chi connectivity index (χ2n) is 5.98. The molecule has 136 valence electrons. The minimum Gasteiger partial charge on any atom is -0.481 e. The Labute approximate surface area is 149 Å². The smallest absolute Gasteiger partial charge is 0.303 e. The molecule has 1 aliphatic carbocycles. The largest absolute Gasteiger partial charge is 0.481 e. The third-order valence-electron chi connectivity index (χ3n) is 4.07. The van der Waals surface area contributed by atoms with Crippen LogP contribution in [0, 0.1) is 5.82 Å². The van der Waals surface area contributed by atoms with Crippen LogP contribution < -0.4 is 11.2 Å². The fourth-order valence-electron chi connectivity index (χ4n) is 2.81. The van der Waals surface area contributed by atoms with Crippen molar-refractivity contribution in [3.63, 3.8) is 0 Å². The van der Waals surface area contributed by atoms with Crippen molar-refractivity contribution in [3.8, 4) is 0 Å². The van der Waals surface area contributed by atoms with Crippen LogP contribution in [-0.4, -0.2) is 27.7 Å². The van der Waals surface area contributed by atoms with Gasteiger partial charge < -0.3 is 10.8 Å². The van der Waals surface area contributed by atoms with Gasteiger partial charge in [-0.2, -0.15) is 0 Å². The highest BCUT2D eigenvalue weighted by molar-refractivity contribution is 5.68. The summed E-state index contributed by atoms with van der Waals surface area (Å²) in [5.74, 6) is -0.996. The van der Waals surface area contributed by atoms with Crippen molar-refractivity contribution in [2.24, 2.45) is 0 Å². The molecule has 1 aromatic carbocycles. The van der Waals surface area contributed by atoms with Crippen LogP contribution in [0.15, 0.2) is 36.5 Å². The average Bonchev–Trinajstić information content (AvgIpc) is 2.61. The van der Waals surface area contributed by atoms with E-state index in [1.807, 2.05) is 6.08 Å². The molecule has 1 atom stereocenters. The van der Waals surface area contributed by atoms with Gasteiger partial charge in [0.2, 0.25) is 5.95 Å². The van der Waals surface area contributed by atoms with Crippen molar-refractivity contribution < 1.29 is 19.1 Å². The zero-order chi connectivity index (χ0) is 18.5. The molecular formula is C18H19FN4O3. The minimum atomic E-state index is -0.865. The van der Waals surface area contributed by atoms with Gasteiger partial charge >= 0.3 is 5.97 Å². The molecule has 0 saturated heterocycles. The lowest BCUT2D eigenvalue weighted by molar-refractivity contribution is -0.137. The van der Waals surface area contributed by atoms with E-state index in [0.29, 0.717) is 18.5 Å². The number of carbonyl (C=O) groups is 1. The van der Waals surface area contributed by atoms with Crippen molar-refractivity contribution in [1.29, 1.82) is 0 Å². The summed E-state index contributed by atoms with van der Waals surface area (Å²) in [6.07, 6.45) is 4.62. The van der Waals surface area contributed by atoms with E-state index in [1.54, 1.807) is 18.3 Å². The van der Waals surface area contributed by atoms with E-state index in [0.717, 1.165) is 16.8 Å². The lowest BCUT2D eigenvalue weighted by Gasteiger charge is -2.24. The van der Waals surface area contributed by atoms with Crippen LogP contribution in [0.4, 0.5) is 10.3 Å². The Hall–Kier alpha value is -3.00. The first-order valence-corrected chi connectivity index (χ1v) is 8.21. The fraction of sp³-hybridized carbons (Fsp3) is 0.278. The lowest BCUT2D eigenvalue weighted by Crippen LogP contribution is -2.21. The topological polar surface area (TPSA) is 110 Å². The molecule has 4 N–H and O–H groups in total. The number of aliphatic carboxylic acids is 1. The van der Waals surface area contributed by atoms with Crippen LogP contribution in [-0.2, 0) is 16.1 Å². The molecule has 3 rings (SSSR count). The van der Waals surface area contributed by atoms with Gasteiger partial charge in [0.25, 0.3) is 0 Å². The maximum atomic E-state index is 13.2. The Bertz CT molecular complexity index is 824. The standard InChI is InChI=1S/C18H19FN4O3/c19-13-5-3-11(4-6-13)12-8-15-14(10-21-18(20)22-15)16(9-12)23-26-7-1-2-17(24)25/h3-6,9-10,12,23H,1-2,7-8H2,(H,24,25)(H2,20,21,22).